The Morgan fingerprint density at radius 2 is 1.67 bits per heavy atom. The summed E-state index contributed by atoms with van der Waals surface area (Å²) in [5.74, 6) is 0.811. The van der Waals surface area contributed by atoms with Crippen LogP contribution in [-0.4, -0.2) is 9.97 Å². The molecule has 0 unspecified atom stereocenters. The predicted molar refractivity (Wildman–Crippen MR) is 80.0 cm³/mol. The number of halogens is 1. The molecule has 0 bridgehead atoms. The van der Waals surface area contributed by atoms with Crippen LogP contribution in [0.3, 0.4) is 0 Å². The van der Waals surface area contributed by atoms with Crippen molar-refractivity contribution in [1.82, 2.24) is 9.97 Å². The Kier molecular flexibility index (Phi) is 3.85. The van der Waals surface area contributed by atoms with Gasteiger partial charge in [-0.15, -0.1) is 0 Å². The van der Waals surface area contributed by atoms with Gasteiger partial charge in [-0.25, -0.2) is 9.97 Å². The maximum absolute atomic E-state index is 5.77. The lowest BCUT2D eigenvalue weighted by molar-refractivity contribution is 0.422. The van der Waals surface area contributed by atoms with E-state index in [0.29, 0.717) is 6.01 Å². The number of ether oxygens (including phenoxy) is 1. The molecule has 0 N–H and O–H groups in total. The molecular formula is C14H15IN2O. The van der Waals surface area contributed by atoms with E-state index >= 15 is 0 Å². The van der Waals surface area contributed by atoms with E-state index in [1.165, 1.54) is 0 Å². The number of rotatable bonds is 2. The Balaban J connectivity index is 2.32. The lowest BCUT2D eigenvalue weighted by atomic mass is 9.86. The summed E-state index contributed by atoms with van der Waals surface area (Å²) in [7, 11) is 0. The minimum atomic E-state index is 0.0276. The van der Waals surface area contributed by atoms with Crippen LogP contribution in [0, 0.1) is 3.57 Å². The Hall–Kier alpha value is -1.17. The lowest BCUT2D eigenvalue weighted by Gasteiger charge is -2.21. The third-order valence-electron chi connectivity index (χ3n) is 2.49. The summed E-state index contributed by atoms with van der Waals surface area (Å²) in [4.78, 5) is 8.31. The number of hydrogen-bond acceptors (Lipinski definition) is 3. The molecule has 0 aliphatic rings. The van der Waals surface area contributed by atoms with Gasteiger partial charge in [-0.2, -0.15) is 0 Å². The normalized spacial score (nSPS) is 11.3. The molecule has 1 aromatic carbocycles. The van der Waals surface area contributed by atoms with Gasteiger partial charge in [-0.3, -0.25) is 0 Å². The summed E-state index contributed by atoms with van der Waals surface area (Å²) in [5, 5.41) is 0. The highest BCUT2D eigenvalue weighted by Gasteiger charge is 2.19. The number of aromatic nitrogens is 2. The summed E-state index contributed by atoms with van der Waals surface area (Å²) in [6.07, 6.45) is 3.48. The minimum Gasteiger partial charge on any atom is -0.424 e. The van der Waals surface area contributed by atoms with Crippen LogP contribution in [0.5, 0.6) is 11.8 Å². The number of nitrogens with zero attached hydrogens (tertiary/aromatic N) is 2. The molecule has 1 heterocycles. The van der Waals surface area contributed by atoms with Crippen molar-refractivity contribution in [3.8, 4) is 11.8 Å². The highest BCUT2D eigenvalue weighted by Crippen LogP contribution is 2.32. The van der Waals surface area contributed by atoms with Crippen molar-refractivity contribution in [3.63, 3.8) is 0 Å². The van der Waals surface area contributed by atoms with Crippen molar-refractivity contribution in [2.75, 3.05) is 0 Å². The van der Waals surface area contributed by atoms with Crippen LogP contribution in [0.4, 0.5) is 0 Å². The maximum atomic E-state index is 5.77. The van der Waals surface area contributed by atoms with Gasteiger partial charge in [0, 0.05) is 21.5 Å². The van der Waals surface area contributed by atoms with Gasteiger partial charge in [0.25, 0.3) is 0 Å². The molecule has 2 aromatic rings. The molecule has 1 aromatic heterocycles. The zero-order valence-electron chi connectivity index (χ0n) is 10.6. The molecule has 18 heavy (non-hydrogen) atoms. The molecule has 2 rings (SSSR count). The van der Waals surface area contributed by atoms with E-state index in [1.54, 1.807) is 12.4 Å². The fraction of sp³-hybridized carbons (Fsp3) is 0.286. The second kappa shape index (κ2) is 5.22. The smallest absolute Gasteiger partial charge is 0.321 e. The standard InChI is InChI=1S/C14H15IN2O/c1-14(2,3)11-6-4-5-7-12(11)18-13-16-8-10(15)9-17-13/h4-9H,1-3H3. The van der Waals surface area contributed by atoms with E-state index in [9.17, 15) is 0 Å². The van der Waals surface area contributed by atoms with Gasteiger partial charge >= 0.3 is 6.01 Å². The van der Waals surface area contributed by atoms with Crippen molar-refractivity contribution in [1.29, 1.82) is 0 Å². The molecule has 3 nitrogen and oxygen atoms in total. The van der Waals surface area contributed by atoms with Crippen molar-refractivity contribution < 1.29 is 4.74 Å². The second-order valence-electron chi connectivity index (χ2n) is 5.03. The van der Waals surface area contributed by atoms with E-state index in [1.807, 2.05) is 18.2 Å². The average Bonchev–Trinajstić information content (AvgIpc) is 2.31. The first-order valence-electron chi connectivity index (χ1n) is 5.72. The Labute approximate surface area is 121 Å². The predicted octanol–water partition coefficient (Wildman–Crippen LogP) is 4.17. The fourth-order valence-electron chi connectivity index (χ4n) is 1.63. The van der Waals surface area contributed by atoms with Gasteiger partial charge in [0.05, 0.1) is 0 Å². The third-order valence-corrected chi connectivity index (χ3v) is 3.05. The van der Waals surface area contributed by atoms with Gasteiger partial charge in [0.2, 0.25) is 0 Å². The van der Waals surface area contributed by atoms with Crippen molar-refractivity contribution in [3.05, 3.63) is 45.8 Å². The van der Waals surface area contributed by atoms with Gasteiger partial charge < -0.3 is 4.74 Å². The Morgan fingerprint density at radius 3 is 2.28 bits per heavy atom. The van der Waals surface area contributed by atoms with Crippen LogP contribution in [0.2, 0.25) is 0 Å². The highest BCUT2D eigenvalue weighted by atomic mass is 127. The molecule has 0 saturated heterocycles. The molecule has 0 aliphatic carbocycles. The summed E-state index contributed by atoms with van der Waals surface area (Å²) >= 11 is 2.17. The molecule has 94 valence electrons. The van der Waals surface area contributed by atoms with Crippen LogP contribution >= 0.6 is 22.6 Å². The maximum Gasteiger partial charge on any atom is 0.321 e. The topological polar surface area (TPSA) is 35.0 Å². The van der Waals surface area contributed by atoms with Gasteiger partial charge in [0.15, 0.2) is 0 Å². The lowest BCUT2D eigenvalue weighted by Crippen LogP contribution is -2.12. The second-order valence-corrected chi connectivity index (χ2v) is 6.28. The van der Waals surface area contributed by atoms with Crippen molar-refractivity contribution in [2.24, 2.45) is 0 Å². The molecule has 0 radical (unpaired) electrons. The van der Waals surface area contributed by atoms with Crippen LogP contribution in [-0.2, 0) is 5.41 Å². The van der Waals surface area contributed by atoms with Crippen LogP contribution < -0.4 is 4.74 Å². The summed E-state index contributed by atoms with van der Waals surface area (Å²) < 4.78 is 6.76. The van der Waals surface area contributed by atoms with Crippen LogP contribution in [0.1, 0.15) is 26.3 Å². The van der Waals surface area contributed by atoms with Gasteiger partial charge in [-0.1, -0.05) is 39.0 Å². The fourth-order valence-corrected chi connectivity index (χ4v) is 1.91. The van der Waals surface area contributed by atoms with E-state index in [-0.39, 0.29) is 5.41 Å². The molecule has 4 heteroatoms. The molecule has 0 fully saturated rings. The molecule has 0 saturated carbocycles. The zero-order chi connectivity index (χ0) is 13.2. The summed E-state index contributed by atoms with van der Waals surface area (Å²) in [6, 6.07) is 8.37. The number of benzene rings is 1. The SMILES string of the molecule is CC(C)(C)c1ccccc1Oc1ncc(I)cn1. The highest BCUT2D eigenvalue weighted by molar-refractivity contribution is 14.1. The minimum absolute atomic E-state index is 0.0276. The van der Waals surface area contributed by atoms with Crippen LogP contribution in [0.25, 0.3) is 0 Å². The quantitative estimate of drug-likeness (QED) is 0.760. The Bertz CT molecular complexity index is 532. The first kappa shape index (κ1) is 13.3. The average molecular weight is 354 g/mol. The van der Waals surface area contributed by atoms with E-state index < -0.39 is 0 Å². The van der Waals surface area contributed by atoms with E-state index in [0.717, 1.165) is 14.9 Å². The first-order valence-corrected chi connectivity index (χ1v) is 6.79. The van der Waals surface area contributed by atoms with E-state index in [2.05, 4.69) is 59.4 Å². The third kappa shape index (κ3) is 3.19. The molecular weight excluding hydrogens is 339 g/mol. The summed E-state index contributed by atoms with van der Waals surface area (Å²) in [6.45, 7) is 6.47. The van der Waals surface area contributed by atoms with E-state index in [4.69, 9.17) is 4.74 Å². The molecule has 0 spiro atoms. The van der Waals surface area contributed by atoms with Gasteiger partial charge in [-0.05, 0) is 34.1 Å². The van der Waals surface area contributed by atoms with Gasteiger partial charge in [0.1, 0.15) is 5.75 Å². The largest absolute Gasteiger partial charge is 0.424 e. The first-order chi connectivity index (χ1) is 8.47. The Morgan fingerprint density at radius 1 is 1.06 bits per heavy atom. The molecule has 0 aliphatic heterocycles. The number of hydrogen-bond donors (Lipinski definition) is 0. The van der Waals surface area contributed by atoms with Crippen molar-refractivity contribution >= 4 is 22.6 Å². The number of para-hydroxylation sites is 1. The molecule has 0 atom stereocenters. The zero-order valence-corrected chi connectivity index (χ0v) is 12.8. The monoisotopic (exact) mass is 354 g/mol. The summed E-state index contributed by atoms with van der Waals surface area (Å²) in [5.41, 5.74) is 1.17. The van der Waals surface area contributed by atoms with Crippen molar-refractivity contribution in [2.45, 2.75) is 26.2 Å². The van der Waals surface area contributed by atoms with Crippen LogP contribution in [0.15, 0.2) is 36.7 Å². The molecule has 0 amide bonds.